The van der Waals surface area contributed by atoms with Gasteiger partial charge in [-0.05, 0) is 25.2 Å². The first kappa shape index (κ1) is 12.4. The van der Waals surface area contributed by atoms with E-state index in [9.17, 15) is 0 Å². The number of nitrogens with zero attached hydrogens (tertiary/aromatic N) is 5. The third-order valence-electron chi connectivity index (χ3n) is 3.00. The number of nitrogens with one attached hydrogen (secondary N) is 1. The maximum atomic E-state index is 4.30. The average Bonchev–Trinajstić information content (AvgIpc) is 2.99. The van der Waals surface area contributed by atoms with Gasteiger partial charge < -0.3 is 5.32 Å². The molecule has 2 aromatic heterocycles. The lowest BCUT2D eigenvalue weighted by Gasteiger charge is -2.15. The van der Waals surface area contributed by atoms with E-state index in [4.69, 9.17) is 0 Å². The van der Waals surface area contributed by atoms with Crippen molar-refractivity contribution < 1.29 is 0 Å². The Kier molecular flexibility index (Phi) is 3.47. The van der Waals surface area contributed by atoms with Crippen molar-refractivity contribution in [3.8, 4) is 5.69 Å². The standard InChI is InChI=1S/C14H14N6/c1-15-13(14-16-8-5-9-17-14)12-10-18-19-20(12)11-6-3-2-4-7-11/h2-10,13,15H,1H3. The third-order valence-corrected chi connectivity index (χ3v) is 3.00. The fourth-order valence-corrected chi connectivity index (χ4v) is 2.08. The lowest BCUT2D eigenvalue weighted by Crippen LogP contribution is -2.23. The molecule has 0 saturated carbocycles. The maximum absolute atomic E-state index is 4.30. The summed E-state index contributed by atoms with van der Waals surface area (Å²) >= 11 is 0. The summed E-state index contributed by atoms with van der Waals surface area (Å²) in [5, 5.41) is 11.4. The largest absolute Gasteiger partial charge is 0.305 e. The lowest BCUT2D eigenvalue weighted by molar-refractivity contribution is 0.601. The molecule has 3 rings (SSSR count). The Hall–Kier alpha value is -2.60. The molecular formula is C14H14N6. The molecule has 2 heterocycles. The van der Waals surface area contributed by atoms with E-state index in [-0.39, 0.29) is 6.04 Å². The zero-order valence-corrected chi connectivity index (χ0v) is 11.0. The van der Waals surface area contributed by atoms with Gasteiger partial charge in [0.05, 0.1) is 17.6 Å². The highest BCUT2D eigenvalue weighted by Crippen LogP contribution is 2.19. The predicted molar refractivity (Wildman–Crippen MR) is 74.3 cm³/mol. The molecule has 0 aliphatic carbocycles. The Labute approximate surface area is 116 Å². The minimum Gasteiger partial charge on any atom is -0.305 e. The Morgan fingerprint density at radius 1 is 1.05 bits per heavy atom. The van der Waals surface area contributed by atoms with Crippen molar-refractivity contribution in [1.29, 1.82) is 0 Å². The van der Waals surface area contributed by atoms with Crippen molar-refractivity contribution in [2.45, 2.75) is 6.04 Å². The van der Waals surface area contributed by atoms with Crippen LogP contribution in [0.25, 0.3) is 5.69 Å². The number of rotatable bonds is 4. The quantitative estimate of drug-likeness (QED) is 0.772. The summed E-state index contributed by atoms with van der Waals surface area (Å²) in [5.41, 5.74) is 1.85. The van der Waals surface area contributed by atoms with Crippen LogP contribution in [-0.2, 0) is 0 Å². The van der Waals surface area contributed by atoms with E-state index >= 15 is 0 Å². The molecule has 0 radical (unpaired) electrons. The molecule has 1 N–H and O–H groups in total. The Bertz CT molecular complexity index is 664. The van der Waals surface area contributed by atoms with Crippen LogP contribution >= 0.6 is 0 Å². The molecule has 6 heteroatoms. The number of aromatic nitrogens is 5. The highest BCUT2D eigenvalue weighted by Gasteiger charge is 2.20. The van der Waals surface area contributed by atoms with E-state index < -0.39 is 0 Å². The van der Waals surface area contributed by atoms with E-state index in [0.717, 1.165) is 11.4 Å². The molecule has 6 nitrogen and oxygen atoms in total. The van der Waals surface area contributed by atoms with Gasteiger partial charge >= 0.3 is 0 Å². The molecule has 0 saturated heterocycles. The molecule has 0 fully saturated rings. The van der Waals surface area contributed by atoms with Crippen molar-refractivity contribution in [2.24, 2.45) is 0 Å². The maximum Gasteiger partial charge on any atom is 0.151 e. The highest BCUT2D eigenvalue weighted by atomic mass is 15.4. The number of hydrogen-bond donors (Lipinski definition) is 1. The molecule has 0 bridgehead atoms. The molecule has 1 aromatic carbocycles. The van der Waals surface area contributed by atoms with Crippen LogP contribution in [0.1, 0.15) is 17.6 Å². The minimum absolute atomic E-state index is 0.161. The van der Waals surface area contributed by atoms with Crippen molar-refractivity contribution >= 4 is 0 Å². The smallest absolute Gasteiger partial charge is 0.151 e. The van der Waals surface area contributed by atoms with Gasteiger partial charge in [-0.1, -0.05) is 23.4 Å². The lowest BCUT2D eigenvalue weighted by atomic mass is 10.2. The van der Waals surface area contributed by atoms with Crippen molar-refractivity contribution in [1.82, 2.24) is 30.3 Å². The average molecular weight is 266 g/mol. The fourth-order valence-electron chi connectivity index (χ4n) is 2.08. The molecule has 100 valence electrons. The van der Waals surface area contributed by atoms with Crippen LogP contribution in [0.3, 0.4) is 0 Å². The molecular weight excluding hydrogens is 252 g/mol. The van der Waals surface area contributed by atoms with E-state index in [1.807, 2.05) is 37.4 Å². The Morgan fingerprint density at radius 3 is 2.50 bits per heavy atom. The van der Waals surface area contributed by atoms with Gasteiger partial charge in [0.25, 0.3) is 0 Å². The van der Waals surface area contributed by atoms with Gasteiger partial charge in [0.1, 0.15) is 6.04 Å². The highest BCUT2D eigenvalue weighted by molar-refractivity contribution is 5.33. The van der Waals surface area contributed by atoms with E-state index in [2.05, 4.69) is 25.6 Å². The number of hydrogen-bond acceptors (Lipinski definition) is 5. The van der Waals surface area contributed by atoms with Crippen molar-refractivity contribution in [2.75, 3.05) is 7.05 Å². The van der Waals surface area contributed by atoms with Crippen molar-refractivity contribution in [3.63, 3.8) is 0 Å². The van der Waals surface area contributed by atoms with Gasteiger partial charge in [0.15, 0.2) is 5.82 Å². The fraction of sp³-hybridized carbons (Fsp3) is 0.143. The second-order valence-corrected chi connectivity index (χ2v) is 4.23. The molecule has 3 aromatic rings. The summed E-state index contributed by atoms with van der Waals surface area (Å²) in [6, 6.07) is 11.5. The van der Waals surface area contributed by atoms with E-state index in [1.165, 1.54) is 0 Å². The second kappa shape index (κ2) is 5.58. The van der Waals surface area contributed by atoms with E-state index in [0.29, 0.717) is 5.82 Å². The van der Waals surface area contributed by atoms with Crippen LogP contribution in [-0.4, -0.2) is 32.0 Å². The third kappa shape index (κ3) is 2.28. The van der Waals surface area contributed by atoms with E-state index in [1.54, 1.807) is 29.3 Å². The SMILES string of the molecule is CNC(c1ncccn1)c1cnnn1-c1ccccc1. The predicted octanol–water partition coefficient (Wildman–Crippen LogP) is 1.37. The first-order valence-electron chi connectivity index (χ1n) is 6.30. The molecule has 1 unspecified atom stereocenters. The van der Waals surface area contributed by atoms with Gasteiger partial charge in [-0.25, -0.2) is 14.6 Å². The van der Waals surface area contributed by atoms with Crippen LogP contribution in [0.15, 0.2) is 55.0 Å². The summed E-state index contributed by atoms with van der Waals surface area (Å²) in [7, 11) is 1.86. The monoisotopic (exact) mass is 266 g/mol. The molecule has 0 spiro atoms. The summed E-state index contributed by atoms with van der Waals surface area (Å²) in [6.45, 7) is 0. The molecule has 0 aliphatic heterocycles. The first-order valence-corrected chi connectivity index (χ1v) is 6.30. The van der Waals surface area contributed by atoms with Crippen LogP contribution in [0.4, 0.5) is 0 Å². The minimum atomic E-state index is -0.161. The summed E-state index contributed by atoms with van der Waals surface area (Å²) < 4.78 is 1.79. The molecule has 0 amide bonds. The van der Waals surface area contributed by atoms with Gasteiger partial charge in [-0.2, -0.15) is 0 Å². The van der Waals surface area contributed by atoms with Gasteiger partial charge in [-0.3, -0.25) is 0 Å². The normalized spacial score (nSPS) is 12.2. The molecule has 1 atom stereocenters. The Balaban J connectivity index is 2.04. The summed E-state index contributed by atoms with van der Waals surface area (Å²) in [6.07, 6.45) is 5.18. The van der Waals surface area contributed by atoms with Crippen LogP contribution in [0, 0.1) is 0 Å². The van der Waals surface area contributed by atoms with Gasteiger partial charge in [-0.15, -0.1) is 5.10 Å². The van der Waals surface area contributed by atoms with Crippen molar-refractivity contribution in [3.05, 3.63) is 66.5 Å². The van der Waals surface area contributed by atoms with Gasteiger partial charge in [0.2, 0.25) is 0 Å². The topological polar surface area (TPSA) is 68.5 Å². The molecule has 20 heavy (non-hydrogen) atoms. The van der Waals surface area contributed by atoms with Crippen LogP contribution < -0.4 is 5.32 Å². The van der Waals surface area contributed by atoms with Gasteiger partial charge in [0, 0.05) is 12.4 Å². The zero-order chi connectivity index (χ0) is 13.8. The second-order valence-electron chi connectivity index (χ2n) is 4.23. The number of para-hydroxylation sites is 1. The molecule has 0 aliphatic rings. The summed E-state index contributed by atoms with van der Waals surface area (Å²) in [5.74, 6) is 0.689. The number of benzene rings is 1. The van der Waals surface area contributed by atoms with Crippen LogP contribution in [0.2, 0.25) is 0 Å². The summed E-state index contributed by atoms with van der Waals surface area (Å²) in [4.78, 5) is 8.60. The first-order chi connectivity index (χ1) is 9.90. The zero-order valence-electron chi connectivity index (χ0n) is 11.0. The van der Waals surface area contributed by atoms with Crippen LogP contribution in [0.5, 0.6) is 0 Å². The Morgan fingerprint density at radius 2 is 1.80 bits per heavy atom.